The van der Waals surface area contributed by atoms with E-state index in [9.17, 15) is 8.42 Å². The third-order valence-corrected chi connectivity index (χ3v) is 9.05. The highest BCUT2D eigenvalue weighted by molar-refractivity contribution is 9.11. The SMILES string of the molecule is O=S(=O)(c1ccc(Br)s1)N1CCC[C@H]1c1nc2ccccc2s1. The molecule has 0 amide bonds. The molecule has 1 saturated heterocycles. The Morgan fingerprint density at radius 2 is 2.00 bits per heavy atom. The fourth-order valence-electron chi connectivity index (χ4n) is 2.86. The lowest BCUT2D eigenvalue weighted by Crippen LogP contribution is -2.30. The van der Waals surface area contributed by atoms with Gasteiger partial charge in [-0.3, -0.25) is 0 Å². The summed E-state index contributed by atoms with van der Waals surface area (Å²) in [5, 5.41) is 0.892. The van der Waals surface area contributed by atoms with E-state index < -0.39 is 10.0 Å². The van der Waals surface area contributed by atoms with Crippen LogP contribution in [-0.4, -0.2) is 24.3 Å². The quantitative estimate of drug-likeness (QED) is 0.609. The van der Waals surface area contributed by atoms with Crippen molar-refractivity contribution in [2.75, 3.05) is 6.54 Å². The van der Waals surface area contributed by atoms with Gasteiger partial charge in [-0.1, -0.05) is 12.1 Å². The second-order valence-electron chi connectivity index (χ2n) is 5.35. The van der Waals surface area contributed by atoms with Crippen molar-refractivity contribution in [1.29, 1.82) is 0 Å². The summed E-state index contributed by atoms with van der Waals surface area (Å²) in [5.74, 6) is 0. The van der Waals surface area contributed by atoms with Crippen LogP contribution in [0.2, 0.25) is 0 Å². The van der Waals surface area contributed by atoms with Gasteiger partial charge in [-0.15, -0.1) is 22.7 Å². The van der Waals surface area contributed by atoms with E-state index in [0.29, 0.717) is 10.8 Å². The van der Waals surface area contributed by atoms with E-state index >= 15 is 0 Å². The zero-order chi connectivity index (χ0) is 16.0. The zero-order valence-electron chi connectivity index (χ0n) is 12.0. The summed E-state index contributed by atoms with van der Waals surface area (Å²) in [4.78, 5) is 4.66. The average Bonchev–Trinajstić information content (AvgIpc) is 3.25. The average molecular weight is 429 g/mol. The Kier molecular flexibility index (Phi) is 4.05. The molecule has 3 aromatic rings. The summed E-state index contributed by atoms with van der Waals surface area (Å²) in [6.07, 6.45) is 1.69. The lowest BCUT2D eigenvalue weighted by Gasteiger charge is -2.21. The molecule has 0 spiro atoms. The van der Waals surface area contributed by atoms with Gasteiger partial charge in [-0.25, -0.2) is 13.4 Å². The van der Waals surface area contributed by atoms with Crippen molar-refractivity contribution in [3.05, 3.63) is 45.2 Å². The van der Waals surface area contributed by atoms with Crippen molar-refractivity contribution in [2.45, 2.75) is 23.1 Å². The summed E-state index contributed by atoms with van der Waals surface area (Å²) >= 11 is 6.19. The van der Waals surface area contributed by atoms with Gasteiger partial charge in [0.25, 0.3) is 10.0 Å². The molecular weight excluding hydrogens is 416 g/mol. The van der Waals surface area contributed by atoms with Crippen LogP contribution in [0.4, 0.5) is 0 Å². The number of rotatable bonds is 3. The molecule has 3 heterocycles. The predicted octanol–water partition coefficient (Wildman–Crippen LogP) is 4.65. The number of nitrogens with zero attached hydrogens (tertiary/aromatic N) is 2. The van der Waals surface area contributed by atoms with Crippen LogP contribution in [0.5, 0.6) is 0 Å². The van der Waals surface area contributed by atoms with Crippen LogP contribution in [-0.2, 0) is 10.0 Å². The number of hydrogen-bond donors (Lipinski definition) is 0. The molecular formula is C15H13BrN2O2S3. The lowest BCUT2D eigenvalue weighted by molar-refractivity contribution is 0.397. The largest absolute Gasteiger partial charge is 0.253 e. The van der Waals surface area contributed by atoms with Crippen LogP contribution in [0, 0.1) is 0 Å². The minimum absolute atomic E-state index is 0.154. The van der Waals surface area contributed by atoms with Crippen molar-refractivity contribution in [3.63, 3.8) is 0 Å². The predicted molar refractivity (Wildman–Crippen MR) is 97.5 cm³/mol. The molecule has 0 aliphatic carbocycles. The number of fused-ring (bicyclic) bond motifs is 1. The zero-order valence-corrected chi connectivity index (χ0v) is 16.0. The Morgan fingerprint density at radius 3 is 2.74 bits per heavy atom. The molecule has 0 bridgehead atoms. The van der Waals surface area contributed by atoms with Crippen molar-refractivity contribution in [1.82, 2.24) is 9.29 Å². The van der Waals surface area contributed by atoms with E-state index in [2.05, 4.69) is 20.9 Å². The van der Waals surface area contributed by atoms with Crippen LogP contribution in [0.15, 0.2) is 44.4 Å². The number of benzene rings is 1. The Balaban J connectivity index is 1.74. The van der Waals surface area contributed by atoms with Crippen LogP contribution in [0.1, 0.15) is 23.9 Å². The maximum absolute atomic E-state index is 12.9. The summed E-state index contributed by atoms with van der Waals surface area (Å²) in [6, 6.07) is 11.2. The summed E-state index contributed by atoms with van der Waals surface area (Å²) in [5.41, 5.74) is 0.940. The number of sulfonamides is 1. The van der Waals surface area contributed by atoms with E-state index in [1.807, 2.05) is 24.3 Å². The molecule has 0 N–H and O–H groups in total. The summed E-state index contributed by atoms with van der Waals surface area (Å²) < 4.78 is 29.8. The minimum atomic E-state index is -3.46. The van der Waals surface area contributed by atoms with Crippen LogP contribution in [0.25, 0.3) is 10.2 Å². The van der Waals surface area contributed by atoms with E-state index in [0.717, 1.165) is 31.9 Å². The van der Waals surface area contributed by atoms with Gasteiger partial charge in [-0.05, 0) is 53.0 Å². The number of thiophene rings is 1. The second-order valence-corrected chi connectivity index (χ2v) is 11.0. The molecule has 1 aliphatic heterocycles. The van der Waals surface area contributed by atoms with E-state index in [1.54, 1.807) is 27.8 Å². The molecule has 4 rings (SSSR count). The van der Waals surface area contributed by atoms with Gasteiger partial charge in [0.05, 0.1) is 20.0 Å². The summed E-state index contributed by atoms with van der Waals surface area (Å²) in [6.45, 7) is 0.554. The molecule has 0 saturated carbocycles. The van der Waals surface area contributed by atoms with Crippen molar-refractivity contribution >= 4 is 58.8 Å². The van der Waals surface area contributed by atoms with Crippen molar-refractivity contribution in [3.8, 4) is 0 Å². The van der Waals surface area contributed by atoms with E-state index in [1.165, 1.54) is 11.3 Å². The topological polar surface area (TPSA) is 50.3 Å². The van der Waals surface area contributed by atoms with Gasteiger partial charge >= 0.3 is 0 Å². The standard InChI is InChI=1S/C15H13BrN2O2S3/c16-13-7-8-14(22-13)23(19,20)18-9-3-5-11(18)15-17-10-4-1-2-6-12(10)21-15/h1-2,4,6-8,11H,3,5,9H2/t11-/m0/s1. The molecule has 8 heteroatoms. The Hall–Kier alpha value is -0.800. The normalized spacial score (nSPS) is 19.6. The molecule has 23 heavy (non-hydrogen) atoms. The first-order chi connectivity index (χ1) is 11.1. The number of thiazole rings is 1. The number of hydrogen-bond acceptors (Lipinski definition) is 5. The van der Waals surface area contributed by atoms with Crippen molar-refractivity contribution < 1.29 is 8.42 Å². The Morgan fingerprint density at radius 1 is 1.17 bits per heavy atom. The van der Waals surface area contributed by atoms with E-state index in [4.69, 9.17) is 0 Å². The maximum atomic E-state index is 12.9. The van der Waals surface area contributed by atoms with Gasteiger partial charge in [-0.2, -0.15) is 4.31 Å². The van der Waals surface area contributed by atoms with Gasteiger partial charge in [0.2, 0.25) is 0 Å². The first-order valence-corrected chi connectivity index (χ1v) is 11.0. The molecule has 1 aromatic carbocycles. The third kappa shape index (κ3) is 2.76. The monoisotopic (exact) mass is 428 g/mol. The molecule has 0 unspecified atom stereocenters. The van der Waals surface area contributed by atoms with Crippen LogP contribution in [0.3, 0.4) is 0 Å². The molecule has 120 valence electrons. The van der Waals surface area contributed by atoms with Gasteiger partial charge in [0.1, 0.15) is 9.22 Å². The number of para-hydroxylation sites is 1. The fraction of sp³-hybridized carbons (Fsp3) is 0.267. The second kappa shape index (κ2) is 5.93. The third-order valence-electron chi connectivity index (χ3n) is 3.91. The first kappa shape index (κ1) is 15.7. The fourth-order valence-corrected chi connectivity index (χ4v) is 7.84. The molecule has 0 radical (unpaired) electrons. The van der Waals surface area contributed by atoms with Crippen LogP contribution >= 0.6 is 38.6 Å². The first-order valence-electron chi connectivity index (χ1n) is 7.18. The maximum Gasteiger partial charge on any atom is 0.253 e. The van der Waals surface area contributed by atoms with Gasteiger partial charge in [0, 0.05) is 6.54 Å². The summed E-state index contributed by atoms with van der Waals surface area (Å²) in [7, 11) is -3.46. The Bertz CT molecular complexity index is 931. The van der Waals surface area contributed by atoms with Gasteiger partial charge < -0.3 is 0 Å². The highest BCUT2D eigenvalue weighted by Crippen LogP contribution is 2.41. The molecule has 4 nitrogen and oxygen atoms in total. The highest BCUT2D eigenvalue weighted by Gasteiger charge is 2.38. The highest BCUT2D eigenvalue weighted by atomic mass is 79.9. The van der Waals surface area contributed by atoms with Gasteiger partial charge in [0.15, 0.2) is 0 Å². The molecule has 1 aliphatic rings. The van der Waals surface area contributed by atoms with Crippen molar-refractivity contribution in [2.24, 2.45) is 0 Å². The minimum Gasteiger partial charge on any atom is -0.239 e. The lowest BCUT2D eigenvalue weighted by atomic mass is 10.2. The van der Waals surface area contributed by atoms with Crippen LogP contribution < -0.4 is 0 Å². The smallest absolute Gasteiger partial charge is 0.239 e. The van der Waals surface area contributed by atoms with E-state index in [-0.39, 0.29) is 6.04 Å². The number of halogens is 1. The molecule has 1 fully saturated rings. The molecule has 1 atom stereocenters. The number of aromatic nitrogens is 1. The Labute approximate surface area is 151 Å². The molecule has 2 aromatic heterocycles.